The van der Waals surface area contributed by atoms with Gasteiger partial charge in [0.2, 0.25) is 5.91 Å². The third-order valence-electron chi connectivity index (χ3n) is 4.43. The zero-order chi connectivity index (χ0) is 16.6. The Morgan fingerprint density at radius 2 is 2.13 bits per heavy atom. The van der Waals surface area contributed by atoms with Crippen LogP contribution in [0.5, 0.6) is 0 Å². The minimum atomic E-state index is -0.921. The Labute approximate surface area is 133 Å². The van der Waals surface area contributed by atoms with E-state index in [2.05, 4.69) is 10.2 Å². The highest BCUT2D eigenvalue weighted by Crippen LogP contribution is 2.35. The Balaban J connectivity index is 1.79. The summed E-state index contributed by atoms with van der Waals surface area (Å²) in [6.45, 7) is 4.55. The molecule has 4 nitrogen and oxygen atoms in total. The predicted molar refractivity (Wildman–Crippen MR) is 81.8 cm³/mol. The van der Waals surface area contributed by atoms with Gasteiger partial charge in [-0.2, -0.15) is 5.10 Å². The van der Waals surface area contributed by atoms with E-state index in [1.165, 1.54) is 6.07 Å². The minimum absolute atomic E-state index is 0.00606. The lowest BCUT2D eigenvalue weighted by molar-refractivity contribution is -0.131. The van der Waals surface area contributed by atoms with Crippen molar-refractivity contribution in [2.24, 2.45) is 0 Å². The third kappa shape index (κ3) is 2.98. The molecule has 1 aromatic heterocycles. The van der Waals surface area contributed by atoms with Crippen molar-refractivity contribution in [3.63, 3.8) is 0 Å². The number of likely N-dealkylation sites (tertiary alicyclic amines) is 1. The number of aromatic amines is 1. The van der Waals surface area contributed by atoms with E-state index in [0.29, 0.717) is 12.1 Å². The number of halogens is 2. The topological polar surface area (TPSA) is 49.0 Å². The highest BCUT2D eigenvalue weighted by molar-refractivity contribution is 5.79. The van der Waals surface area contributed by atoms with E-state index < -0.39 is 11.6 Å². The largest absolute Gasteiger partial charge is 0.335 e. The molecule has 122 valence electrons. The molecule has 1 amide bonds. The first kappa shape index (κ1) is 15.6. The average molecular weight is 319 g/mol. The fourth-order valence-corrected chi connectivity index (χ4v) is 3.34. The number of aryl methyl sites for hydroxylation is 2. The molecule has 1 aliphatic rings. The van der Waals surface area contributed by atoms with Gasteiger partial charge in [-0.1, -0.05) is 6.07 Å². The Hall–Kier alpha value is -2.24. The van der Waals surface area contributed by atoms with E-state index in [1.807, 2.05) is 18.7 Å². The first-order chi connectivity index (χ1) is 11.0. The van der Waals surface area contributed by atoms with Gasteiger partial charge in [-0.05, 0) is 44.4 Å². The van der Waals surface area contributed by atoms with Crippen LogP contribution in [0.1, 0.15) is 41.4 Å². The smallest absolute Gasteiger partial charge is 0.227 e. The average Bonchev–Trinajstić information content (AvgIpc) is 3.09. The molecule has 0 aliphatic carbocycles. The van der Waals surface area contributed by atoms with Crippen LogP contribution in [0.2, 0.25) is 0 Å². The lowest BCUT2D eigenvalue weighted by atomic mass is 10.0. The quantitative estimate of drug-likeness (QED) is 0.944. The molecule has 1 aliphatic heterocycles. The van der Waals surface area contributed by atoms with Gasteiger partial charge in [0.1, 0.15) is 0 Å². The summed E-state index contributed by atoms with van der Waals surface area (Å²) in [5, 5.41) is 7.16. The molecule has 1 aromatic carbocycles. The normalized spacial score (nSPS) is 17.7. The molecule has 23 heavy (non-hydrogen) atoms. The summed E-state index contributed by atoms with van der Waals surface area (Å²) in [6, 6.07) is 3.61. The molecule has 6 heteroatoms. The van der Waals surface area contributed by atoms with E-state index >= 15 is 0 Å². The highest BCUT2D eigenvalue weighted by Gasteiger charge is 2.32. The Morgan fingerprint density at radius 3 is 2.78 bits per heavy atom. The van der Waals surface area contributed by atoms with E-state index in [0.717, 1.165) is 41.9 Å². The SMILES string of the molecule is Cc1n[nH]c(C)c1C1CCCN1C(=O)Cc1ccc(F)c(F)c1. The van der Waals surface area contributed by atoms with Crippen molar-refractivity contribution in [1.29, 1.82) is 0 Å². The van der Waals surface area contributed by atoms with Crippen LogP contribution in [0.15, 0.2) is 18.2 Å². The van der Waals surface area contributed by atoms with Gasteiger partial charge in [-0.3, -0.25) is 9.89 Å². The van der Waals surface area contributed by atoms with Crippen LogP contribution in [-0.4, -0.2) is 27.5 Å². The second-order valence-corrected chi connectivity index (χ2v) is 6.02. The van der Waals surface area contributed by atoms with Crippen LogP contribution >= 0.6 is 0 Å². The number of hydrogen-bond acceptors (Lipinski definition) is 2. The number of nitrogens with zero attached hydrogens (tertiary/aromatic N) is 2. The number of hydrogen-bond donors (Lipinski definition) is 1. The van der Waals surface area contributed by atoms with Gasteiger partial charge in [0.05, 0.1) is 18.2 Å². The molecule has 2 heterocycles. The second-order valence-electron chi connectivity index (χ2n) is 6.02. The van der Waals surface area contributed by atoms with Gasteiger partial charge in [0.25, 0.3) is 0 Å². The summed E-state index contributed by atoms with van der Waals surface area (Å²) in [5.74, 6) is -1.89. The first-order valence-corrected chi connectivity index (χ1v) is 7.72. The monoisotopic (exact) mass is 319 g/mol. The van der Waals surface area contributed by atoms with Gasteiger partial charge in [-0.15, -0.1) is 0 Å². The van der Waals surface area contributed by atoms with Crippen molar-refractivity contribution in [3.8, 4) is 0 Å². The van der Waals surface area contributed by atoms with Gasteiger partial charge >= 0.3 is 0 Å². The number of benzene rings is 1. The van der Waals surface area contributed by atoms with E-state index in [1.54, 1.807) is 0 Å². The van der Waals surface area contributed by atoms with Gasteiger partial charge < -0.3 is 4.90 Å². The van der Waals surface area contributed by atoms with Crippen LogP contribution in [0.3, 0.4) is 0 Å². The number of carbonyl (C=O) groups excluding carboxylic acids is 1. The summed E-state index contributed by atoms with van der Waals surface area (Å²) in [4.78, 5) is 14.4. The molecular weight excluding hydrogens is 300 g/mol. The molecule has 1 N–H and O–H groups in total. The molecule has 0 bridgehead atoms. The zero-order valence-electron chi connectivity index (χ0n) is 13.2. The number of nitrogens with one attached hydrogen (secondary N) is 1. The molecule has 3 rings (SSSR count). The summed E-state index contributed by atoms with van der Waals surface area (Å²) >= 11 is 0. The van der Waals surface area contributed by atoms with E-state index in [-0.39, 0.29) is 18.4 Å². The van der Waals surface area contributed by atoms with Crippen molar-refractivity contribution in [3.05, 3.63) is 52.3 Å². The van der Waals surface area contributed by atoms with Crippen molar-refractivity contribution in [2.45, 2.75) is 39.2 Å². The maximum atomic E-state index is 13.3. The highest BCUT2D eigenvalue weighted by atomic mass is 19.2. The lowest BCUT2D eigenvalue weighted by Crippen LogP contribution is -2.32. The molecule has 1 atom stereocenters. The third-order valence-corrected chi connectivity index (χ3v) is 4.43. The number of rotatable bonds is 3. The number of carbonyl (C=O) groups is 1. The Kier molecular flexibility index (Phi) is 4.15. The molecule has 0 spiro atoms. The standard InChI is InChI=1S/C17H19F2N3O/c1-10-17(11(2)21-20-10)15-4-3-7-22(15)16(23)9-12-5-6-13(18)14(19)8-12/h5-6,8,15H,3-4,7,9H2,1-2H3,(H,20,21). The van der Waals surface area contributed by atoms with Crippen LogP contribution in [0.4, 0.5) is 8.78 Å². The van der Waals surface area contributed by atoms with E-state index in [4.69, 9.17) is 0 Å². The number of H-pyrrole nitrogens is 1. The van der Waals surface area contributed by atoms with E-state index in [9.17, 15) is 13.6 Å². The molecule has 2 aromatic rings. The number of aromatic nitrogens is 2. The first-order valence-electron chi connectivity index (χ1n) is 7.72. The Bertz CT molecular complexity index is 722. The lowest BCUT2D eigenvalue weighted by Gasteiger charge is -2.25. The van der Waals surface area contributed by atoms with Gasteiger partial charge in [0, 0.05) is 17.8 Å². The Morgan fingerprint density at radius 1 is 1.35 bits per heavy atom. The second kappa shape index (κ2) is 6.10. The molecule has 0 radical (unpaired) electrons. The predicted octanol–water partition coefficient (Wildman–Crippen LogP) is 3.21. The van der Waals surface area contributed by atoms with Crippen LogP contribution in [-0.2, 0) is 11.2 Å². The van der Waals surface area contributed by atoms with Crippen molar-refractivity contribution in [1.82, 2.24) is 15.1 Å². The summed E-state index contributed by atoms with van der Waals surface area (Å²) in [7, 11) is 0. The molecular formula is C17H19F2N3O. The molecule has 0 saturated carbocycles. The fraction of sp³-hybridized carbons (Fsp3) is 0.412. The molecule has 1 unspecified atom stereocenters. The zero-order valence-corrected chi connectivity index (χ0v) is 13.2. The van der Waals surface area contributed by atoms with Gasteiger partial charge in [0.15, 0.2) is 11.6 Å². The van der Waals surface area contributed by atoms with Crippen molar-refractivity contribution >= 4 is 5.91 Å². The minimum Gasteiger partial charge on any atom is -0.335 e. The van der Waals surface area contributed by atoms with Crippen molar-refractivity contribution in [2.75, 3.05) is 6.54 Å². The fourth-order valence-electron chi connectivity index (χ4n) is 3.34. The maximum Gasteiger partial charge on any atom is 0.227 e. The van der Waals surface area contributed by atoms with Crippen molar-refractivity contribution < 1.29 is 13.6 Å². The van der Waals surface area contributed by atoms with Crippen LogP contribution in [0, 0.1) is 25.5 Å². The maximum absolute atomic E-state index is 13.3. The van der Waals surface area contributed by atoms with Crippen LogP contribution < -0.4 is 0 Å². The molecule has 1 fully saturated rings. The summed E-state index contributed by atoms with van der Waals surface area (Å²) in [6.07, 6.45) is 1.90. The summed E-state index contributed by atoms with van der Waals surface area (Å²) < 4.78 is 26.3. The van der Waals surface area contributed by atoms with Gasteiger partial charge in [-0.25, -0.2) is 8.78 Å². The number of amides is 1. The summed E-state index contributed by atoms with van der Waals surface area (Å²) in [5.41, 5.74) is 3.43. The van der Waals surface area contributed by atoms with Crippen LogP contribution in [0.25, 0.3) is 0 Å². The molecule has 1 saturated heterocycles.